The SMILES string of the molecule is Cl.O=C(CC1COCCN1)NC(Cc1ccccc1)c1ccccc1. The summed E-state index contributed by atoms with van der Waals surface area (Å²) in [4.78, 5) is 12.5. The zero-order valence-corrected chi connectivity index (χ0v) is 15.0. The van der Waals surface area contributed by atoms with Gasteiger partial charge in [0.05, 0.1) is 19.3 Å². The highest BCUT2D eigenvalue weighted by Gasteiger charge is 2.20. The van der Waals surface area contributed by atoms with Gasteiger partial charge in [0.2, 0.25) is 5.91 Å². The fourth-order valence-corrected chi connectivity index (χ4v) is 3.02. The van der Waals surface area contributed by atoms with Crippen LogP contribution in [0, 0.1) is 0 Å². The number of ether oxygens (including phenoxy) is 1. The van der Waals surface area contributed by atoms with Crippen LogP contribution in [0.15, 0.2) is 60.7 Å². The lowest BCUT2D eigenvalue weighted by atomic mass is 9.98. The van der Waals surface area contributed by atoms with Gasteiger partial charge in [0, 0.05) is 19.0 Å². The molecule has 1 aliphatic rings. The summed E-state index contributed by atoms with van der Waals surface area (Å²) in [6, 6.07) is 20.5. The Kier molecular flexibility index (Phi) is 7.92. The predicted octanol–water partition coefficient (Wildman–Crippen LogP) is 2.89. The molecule has 2 aromatic carbocycles. The molecule has 134 valence electrons. The first-order valence-corrected chi connectivity index (χ1v) is 8.50. The van der Waals surface area contributed by atoms with Crippen LogP contribution in [-0.4, -0.2) is 31.7 Å². The van der Waals surface area contributed by atoms with Crippen LogP contribution < -0.4 is 10.6 Å². The van der Waals surface area contributed by atoms with Crippen LogP contribution in [0.5, 0.6) is 0 Å². The third-order valence-corrected chi connectivity index (χ3v) is 4.25. The number of carbonyl (C=O) groups excluding carboxylic acids is 1. The van der Waals surface area contributed by atoms with Crippen LogP contribution in [0.1, 0.15) is 23.6 Å². The number of hydrogen-bond acceptors (Lipinski definition) is 3. The summed E-state index contributed by atoms with van der Waals surface area (Å²) in [7, 11) is 0. The van der Waals surface area contributed by atoms with Gasteiger partial charge in [-0.1, -0.05) is 60.7 Å². The molecule has 2 N–H and O–H groups in total. The van der Waals surface area contributed by atoms with Crippen LogP contribution in [-0.2, 0) is 16.0 Å². The van der Waals surface area contributed by atoms with Crippen molar-refractivity contribution in [1.29, 1.82) is 0 Å². The molecule has 2 aromatic rings. The summed E-state index contributed by atoms with van der Waals surface area (Å²) in [5.41, 5.74) is 2.34. The number of carbonyl (C=O) groups is 1. The van der Waals surface area contributed by atoms with Gasteiger partial charge < -0.3 is 15.4 Å². The number of rotatable bonds is 6. The maximum atomic E-state index is 12.5. The lowest BCUT2D eigenvalue weighted by Crippen LogP contribution is -2.44. The average molecular weight is 361 g/mol. The van der Waals surface area contributed by atoms with E-state index in [2.05, 4.69) is 34.9 Å². The Morgan fingerprint density at radius 3 is 2.44 bits per heavy atom. The van der Waals surface area contributed by atoms with Crippen LogP contribution in [0.25, 0.3) is 0 Å². The summed E-state index contributed by atoms with van der Waals surface area (Å²) < 4.78 is 5.43. The molecule has 2 unspecified atom stereocenters. The molecule has 0 bridgehead atoms. The van der Waals surface area contributed by atoms with Crippen LogP contribution >= 0.6 is 12.4 Å². The van der Waals surface area contributed by atoms with Gasteiger partial charge >= 0.3 is 0 Å². The Balaban J connectivity index is 0.00000225. The van der Waals surface area contributed by atoms with Crippen LogP contribution in [0.3, 0.4) is 0 Å². The van der Waals surface area contributed by atoms with E-state index in [4.69, 9.17) is 4.74 Å². The molecule has 1 heterocycles. The monoisotopic (exact) mass is 360 g/mol. The minimum Gasteiger partial charge on any atom is -0.378 e. The van der Waals surface area contributed by atoms with E-state index in [0.717, 1.165) is 25.1 Å². The van der Waals surface area contributed by atoms with E-state index in [1.807, 2.05) is 36.4 Å². The van der Waals surface area contributed by atoms with E-state index < -0.39 is 0 Å². The number of hydrogen-bond donors (Lipinski definition) is 2. The lowest BCUT2D eigenvalue weighted by molar-refractivity contribution is -0.123. The van der Waals surface area contributed by atoms with Crippen molar-refractivity contribution in [3.05, 3.63) is 71.8 Å². The van der Waals surface area contributed by atoms with Crippen molar-refractivity contribution in [3.63, 3.8) is 0 Å². The van der Waals surface area contributed by atoms with Gasteiger partial charge in [-0.15, -0.1) is 12.4 Å². The van der Waals surface area contributed by atoms with Crippen LogP contribution in [0.2, 0.25) is 0 Å². The van der Waals surface area contributed by atoms with Crippen LogP contribution in [0.4, 0.5) is 0 Å². The number of amides is 1. The van der Waals surface area contributed by atoms with Gasteiger partial charge in [-0.25, -0.2) is 0 Å². The Morgan fingerprint density at radius 1 is 1.12 bits per heavy atom. The van der Waals surface area contributed by atoms with Crippen molar-refractivity contribution in [1.82, 2.24) is 10.6 Å². The molecule has 0 spiro atoms. The second kappa shape index (κ2) is 10.2. The van der Waals surface area contributed by atoms with Gasteiger partial charge in [-0.05, 0) is 17.5 Å². The van der Waals surface area contributed by atoms with Crippen molar-refractivity contribution < 1.29 is 9.53 Å². The summed E-state index contributed by atoms with van der Waals surface area (Å²) in [6.45, 7) is 2.13. The molecule has 25 heavy (non-hydrogen) atoms. The molecule has 0 saturated carbocycles. The van der Waals surface area contributed by atoms with Crippen molar-refractivity contribution in [2.24, 2.45) is 0 Å². The highest BCUT2D eigenvalue weighted by Crippen LogP contribution is 2.18. The number of benzene rings is 2. The molecule has 1 saturated heterocycles. The number of morpholine rings is 1. The van der Waals surface area contributed by atoms with E-state index >= 15 is 0 Å². The third-order valence-electron chi connectivity index (χ3n) is 4.25. The summed E-state index contributed by atoms with van der Waals surface area (Å²) in [5, 5.41) is 6.52. The van der Waals surface area contributed by atoms with Crippen molar-refractivity contribution >= 4 is 18.3 Å². The smallest absolute Gasteiger partial charge is 0.222 e. The molecular weight excluding hydrogens is 336 g/mol. The molecular formula is C20H25ClN2O2. The first-order chi connectivity index (χ1) is 11.8. The van der Waals surface area contributed by atoms with Crippen molar-refractivity contribution in [2.75, 3.05) is 19.8 Å². The van der Waals surface area contributed by atoms with Crippen molar-refractivity contribution in [3.8, 4) is 0 Å². The molecule has 1 fully saturated rings. The second-order valence-corrected chi connectivity index (χ2v) is 6.15. The maximum Gasteiger partial charge on any atom is 0.222 e. The standard InChI is InChI=1S/C20H24N2O2.ClH/c23-20(14-18-15-24-12-11-21-18)22-19(17-9-5-2-6-10-17)13-16-7-3-1-4-8-16;/h1-10,18-19,21H,11-15H2,(H,22,23);1H. The van der Waals surface area contributed by atoms with Crippen molar-refractivity contribution in [2.45, 2.75) is 24.9 Å². The maximum absolute atomic E-state index is 12.5. The summed E-state index contributed by atoms with van der Waals surface area (Å²) in [5.74, 6) is 0.0581. The molecule has 1 aliphatic heterocycles. The van der Waals surface area contributed by atoms with Gasteiger partial charge in [0.1, 0.15) is 0 Å². The zero-order valence-electron chi connectivity index (χ0n) is 14.2. The molecule has 1 amide bonds. The third kappa shape index (κ3) is 6.16. The Labute approximate surface area is 155 Å². The highest BCUT2D eigenvalue weighted by atomic mass is 35.5. The highest BCUT2D eigenvalue weighted by molar-refractivity contribution is 5.85. The van der Waals surface area contributed by atoms with Gasteiger partial charge in [0.15, 0.2) is 0 Å². The minimum absolute atomic E-state index is 0. The predicted molar refractivity (Wildman–Crippen MR) is 102 cm³/mol. The summed E-state index contributed by atoms with van der Waals surface area (Å²) in [6.07, 6.45) is 1.23. The van der Waals surface area contributed by atoms with Gasteiger partial charge in [-0.2, -0.15) is 0 Å². The molecule has 5 heteroatoms. The van der Waals surface area contributed by atoms with E-state index in [0.29, 0.717) is 13.0 Å². The van der Waals surface area contributed by atoms with E-state index in [-0.39, 0.29) is 30.4 Å². The zero-order chi connectivity index (χ0) is 16.6. The molecule has 0 radical (unpaired) electrons. The molecule has 4 nitrogen and oxygen atoms in total. The fourth-order valence-electron chi connectivity index (χ4n) is 3.02. The van der Waals surface area contributed by atoms with Gasteiger partial charge in [-0.3, -0.25) is 4.79 Å². The first-order valence-electron chi connectivity index (χ1n) is 8.50. The molecule has 2 atom stereocenters. The Hall–Kier alpha value is -1.88. The number of halogens is 1. The first kappa shape index (κ1) is 19.4. The fraction of sp³-hybridized carbons (Fsp3) is 0.350. The quantitative estimate of drug-likeness (QED) is 0.832. The van der Waals surface area contributed by atoms with Gasteiger partial charge in [0.25, 0.3) is 0 Å². The number of nitrogens with one attached hydrogen (secondary N) is 2. The Morgan fingerprint density at radius 2 is 1.80 bits per heavy atom. The lowest BCUT2D eigenvalue weighted by Gasteiger charge is -2.25. The normalized spacial score (nSPS) is 18.0. The molecule has 3 rings (SSSR count). The molecule has 0 aliphatic carbocycles. The Bertz CT molecular complexity index is 631. The average Bonchev–Trinajstić information content (AvgIpc) is 2.63. The topological polar surface area (TPSA) is 50.4 Å². The molecule has 0 aromatic heterocycles. The van der Waals surface area contributed by atoms with E-state index in [1.54, 1.807) is 0 Å². The van der Waals surface area contributed by atoms with E-state index in [9.17, 15) is 4.79 Å². The minimum atomic E-state index is -0.0226. The summed E-state index contributed by atoms with van der Waals surface area (Å²) >= 11 is 0. The second-order valence-electron chi connectivity index (χ2n) is 6.15. The van der Waals surface area contributed by atoms with E-state index in [1.165, 1.54) is 5.56 Å². The largest absolute Gasteiger partial charge is 0.378 e.